The van der Waals surface area contributed by atoms with Crippen LogP contribution in [0.1, 0.15) is 0 Å². The lowest BCUT2D eigenvalue weighted by atomic mass is 12.0. The Bertz CT molecular complexity index is 30.6. The summed E-state index contributed by atoms with van der Waals surface area (Å²) in [6, 6.07) is 0. The molecule has 0 fully saturated rings. The lowest BCUT2D eigenvalue weighted by Gasteiger charge is -1.05. The molecule has 0 aliphatic carbocycles. The van der Waals surface area contributed by atoms with Crippen LogP contribution in [0.15, 0.2) is 0 Å². The minimum Gasteiger partial charge on any atom is -0.168 e. The zero-order chi connectivity index (χ0) is 4.71. The van der Waals surface area contributed by atoms with Crippen LogP contribution >= 0.6 is 22.6 Å². The van der Waals surface area contributed by atoms with E-state index in [4.69, 9.17) is 8.42 Å². The van der Waals surface area contributed by atoms with Crippen molar-refractivity contribution in [3.8, 4) is 0 Å². The van der Waals surface area contributed by atoms with Crippen molar-refractivity contribution in [2.45, 2.75) is 0 Å². The van der Waals surface area contributed by atoms with Gasteiger partial charge < -0.3 is 0 Å². The summed E-state index contributed by atoms with van der Waals surface area (Å²) < 4.78 is 16.6. The van der Waals surface area contributed by atoms with Crippen molar-refractivity contribution in [3.05, 3.63) is 0 Å². The Kier molecular flexibility index (Phi) is 43.5. The van der Waals surface area contributed by atoms with Crippen molar-refractivity contribution < 1.29 is 8.42 Å². The molecule has 0 saturated heterocycles. The Balaban J connectivity index is 0. The van der Waals surface area contributed by atoms with Gasteiger partial charge in [0.25, 0.3) is 0 Å². The highest BCUT2D eigenvalue weighted by Gasteiger charge is 1.12. The van der Waals surface area contributed by atoms with E-state index in [-0.39, 0.29) is 0 Å². The molecule has 0 amide bonds. The highest BCUT2D eigenvalue weighted by Crippen LogP contribution is 1.48. The van der Waals surface area contributed by atoms with Crippen LogP contribution in [-0.2, 0) is 11.6 Å². The zero-order valence-electron chi connectivity index (χ0n) is 2.60. The SMILES string of the molecule is CI.O=S=O. The van der Waals surface area contributed by atoms with Crippen LogP contribution in [0.25, 0.3) is 0 Å². The van der Waals surface area contributed by atoms with E-state index in [1.54, 1.807) is 0 Å². The van der Waals surface area contributed by atoms with E-state index in [0.717, 1.165) is 0 Å². The third-order valence-electron chi connectivity index (χ3n) is 0. The summed E-state index contributed by atoms with van der Waals surface area (Å²) in [6.07, 6.45) is 0. The fraction of sp³-hybridized carbons (Fsp3) is 1.00. The summed E-state index contributed by atoms with van der Waals surface area (Å²) in [5.41, 5.74) is 0. The van der Waals surface area contributed by atoms with Gasteiger partial charge in [-0.15, -0.1) is 0 Å². The van der Waals surface area contributed by atoms with Gasteiger partial charge >= 0.3 is 11.6 Å². The maximum Gasteiger partial charge on any atom is 0.335 e. The number of hydrogen-bond donors (Lipinski definition) is 0. The van der Waals surface area contributed by atoms with E-state index >= 15 is 0 Å². The molecule has 5 heavy (non-hydrogen) atoms. The summed E-state index contributed by atoms with van der Waals surface area (Å²) in [5, 5.41) is 0. The summed E-state index contributed by atoms with van der Waals surface area (Å²) in [4.78, 5) is 1.97. The van der Waals surface area contributed by atoms with Crippen LogP contribution in [0, 0.1) is 0 Å². The van der Waals surface area contributed by atoms with Gasteiger partial charge in [-0.05, 0) is 4.93 Å². The molecule has 4 heteroatoms. The number of alkyl halides is 1. The van der Waals surface area contributed by atoms with Crippen molar-refractivity contribution in [1.29, 1.82) is 0 Å². The standard InChI is InChI=1S/CH3I.O2S/c1-2;1-3-2/h1H3;. The second-order valence-electron chi connectivity index (χ2n) is 0.0680. The average molecular weight is 206 g/mol. The van der Waals surface area contributed by atoms with E-state index < -0.39 is 11.6 Å². The maximum atomic E-state index is 8.29. The maximum absolute atomic E-state index is 8.29. The summed E-state index contributed by atoms with van der Waals surface area (Å²) in [7, 11) is 0. The van der Waals surface area contributed by atoms with Crippen LogP contribution in [-0.4, -0.2) is 13.3 Å². The summed E-state index contributed by atoms with van der Waals surface area (Å²) in [5.74, 6) is 0. The first kappa shape index (κ1) is 9.12. The van der Waals surface area contributed by atoms with E-state index in [0.29, 0.717) is 0 Å². The van der Waals surface area contributed by atoms with Crippen molar-refractivity contribution >= 4 is 34.2 Å². The van der Waals surface area contributed by atoms with Crippen molar-refractivity contribution in [3.63, 3.8) is 0 Å². The molecule has 0 N–H and O–H groups in total. The van der Waals surface area contributed by atoms with Gasteiger partial charge in [0.05, 0.1) is 0 Å². The van der Waals surface area contributed by atoms with Crippen LogP contribution in [0.4, 0.5) is 0 Å². The molecule has 2 nitrogen and oxygen atoms in total. The molecule has 0 saturated carbocycles. The van der Waals surface area contributed by atoms with Crippen molar-refractivity contribution in [2.75, 3.05) is 4.93 Å². The van der Waals surface area contributed by atoms with E-state index in [9.17, 15) is 0 Å². The molecule has 0 aliphatic rings. The molecule has 0 rings (SSSR count). The molecule has 0 atom stereocenters. The molecule has 32 valence electrons. The molecule has 0 spiro atoms. The first-order valence-electron chi connectivity index (χ1n) is 0.711. The van der Waals surface area contributed by atoms with Crippen molar-refractivity contribution in [1.82, 2.24) is 0 Å². The average Bonchev–Trinajstić information content (AvgIpc) is 1.46. The van der Waals surface area contributed by atoms with Gasteiger partial charge in [0.2, 0.25) is 0 Å². The fourth-order valence-electron chi connectivity index (χ4n) is 0. The predicted molar refractivity (Wildman–Crippen MR) is 28.9 cm³/mol. The minimum absolute atomic E-state index is 0.750. The third-order valence-corrected chi connectivity index (χ3v) is 0. The van der Waals surface area contributed by atoms with E-state index in [1.807, 2.05) is 4.93 Å². The Morgan fingerprint density at radius 2 is 1.40 bits per heavy atom. The Morgan fingerprint density at radius 1 is 1.40 bits per heavy atom. The molecule has 0 aromatic heterocycles. The third kappa shape index (κ3) is 97.8. The highest BCUT2D eigenvalue weighted by molar-refractivity contribution is 14.1. The van der Waals surface area contributed by atoms with E-state index in [2.05, 4.69) is 22.6 Å². The number of hydrogen-bond acceptors (Lipinski definition) is 2. The predicted octanol–water partition coefficient (Wildman–Crippen LogP) is 0.381. The normalized spacial score (nSPS) is 3.60. The first-order valence-corrected chi connectivity index (χ1v) is 3.54. The molecular weight excluding hydrogens is 203 g/mol. The highest BCUT2D eigenvalue weighted by atomic mass is 127. The minimum atomic E-state index is -0.750. The van der Waals surface area contributed by atoms with Gasteiger partial charge in [0.15, 0.2) is 0 Å². The van der Waals surface area contributed by atoms with Gasteiger partial charge in [0, 0.05) is 0 Å². The molecule has 0 unspecified atom stereocenters. The van der Waals surface area contributed by atoms with Crippen molar-refractivity contribution in [2.24, 2.45) is 0 Å². The molecule has 0 aromatic rings. The van der Waals surface area contributed by atoms with Gasteiger partial charge in [-0.2, -0.15) is 8.42 Å². The van der Waals surface area contributed by atoms with Gasteiger partial charge in [-0.1, -0.05) is 22.6 Å². The quantitative estimate of drug-likeness (QED) is 0.424. The van der Waals surface area contributed by atoms with Crippen LogP contribution in [0.5, 0.6) is 0 Å². The van der Waals surface area contributed by atoms with Gasteiger partial charge in [-0.25, -0.2) is 0 Å². The second kappa shape index (κ2) is 23.9. The van der Waals surface area contributed by atoms with E-state index in [1.165, 1.54) is 0 Å². The van der Waals surface area contributed by atoms with Crippen LogP contribution in [0.3, 0.4) is 0 Å². The summed E-state index contributed by atoms with van der Waals surface area (Å²) in [6.45, 7) is 0. The molecule has 0 radical (unpaired) electrons. The van der Waals surface area contributed by atoms with Crippen LogP contribution in [0.2, 0.25) is 0 Å². The zero-order valence-corrected chi connectivity index (χ0v) is 5.58. The number of rotatable bonds is 0. The van der Waals surface area contributed by atoms with Gasteiger partial charge in [0.1, 0.15) is 0 Å². The molecular formula is CH3IO2S. The Morgan fingerprint density at radius 3 is 1.40 bits per heavy atom. The summed E-state index contributed by atoms with van der Waals surface area (Å²) >= 11 is 1.40. The first-order chi connectivity index (χ1) is 2.41. The molecule has 0 heterocycles. The van der Waals surface area contributed by atoms with Crippen LogP contribution < -0.4 is 0 Å². The largest absolute Gasteiger partial charge is 0.335 e. The lowest BCUT2D eigenvalue weighted by molar-refractivity contribution is 0.630. The molecule has 0 bridgehead atoms. The Hall–Kier alpha value is 0.550. The fourth-order valence-corrected chi connectivity index (χ4v) is 0. The number of halogens is 1. The molecule has 0 aromatic carbocycles. The topological polar surface area (TPSA) is 34.1 Å². The monoisotopic (exact) mass is 206 g/mol. The second-order valence-corrected chi connectivity index (χ2v) is 0.204. The smallest absolute Gasteiger partial charge is 0.168 e. The molecule has 0 aliphatic heterocycles. The Labute approximate surface area is 47.7 Å². The van der Waals surface area contributed by atoms with Gasteiger partial charge in [-0.3, -0.25) is 0 Å². The lowest BCUT2D eigenvalue weighted by Crippen LogP contribution is -1.18.